The molecule has 0 unspecified atom stereocenters. The number of nitrogens with one attached hydrogen (secondary N) is 2. The summed E-state index contributed by atoms with van der Waals surface area (Å²) in [6, 6.07) is 20.4. The topological polar surface area (TPSA) is 160 Å². The zero-order valence-corrected chi connectivity index (χ0v) is 39.0. The number of ether oxygens (including phenoxy) is 6. The summed E-state index contributed by atoms with van der Waals surface area (Å²) in [5, 5.41) is 12.5. The van der Waals surface area contributed by atoms with Crippen molar-refractivity contribution in [3.63, 3.8) is 0 Å². The zero-order chi connectivity index (χ0) is 46.3. The number of anilines is 2. The standard InChI is InChI=1S/C48H53Cl2N7O8/c1-48(2,3)65-47(59)51-15-17-64-18-16-57-28-32(24-53-57)35-23-36(35)46(58)55-43-20-31-19-40(44-38(49)9-8-10-39(44)50)54-45(37(31)25-52-43)56(26-29-11-13-33(60-4)21-41(29)62-6)27-30-12-14-34(61-5)22-42(30)63-7/h8-14,19-22,24-25,28,35-36H,15-18,23,26-27H2,1-7H3,(H,51,59)(H,52,55,58)/t35-,36+/m1/s1. The molecule has 1 fully saturated rings. The molecule has 0 radical (unpaired) electrons. The Morgan fingerprint density at radius 2 is 1.51 bits per heavy atom. The number of methoxy groups -OCH3 is 4. The van der Waals surface area contributed by atoms with Gasteiger partial charge >= 0.3 is 6.09 Å². The van der Waals surface area contributed by atoms with Gasteiger partial charge in [0.1, 0.15) is 40.2 Å². The van der Waals surface area contributed by atoms with Gasteiger partial charge in [-0.3, -0.25) is 9.48 Å². The van der Waals surface area contributed by atoms with Gasteiger partial charge in [-0.1, -0.05) is 29.3 Å². The lowest BCUT2D eigenvalue weighted by atomic mass is 10.1. The van der Waals surface area contributed by atoms with Gasteiger partial charge in [0.15, 0.2) is 0 Å². The lowest BCUT2D eigenvalue weighted by Crippen LogP contribution is -2.34. The molecule has 7 rings (SSSR count). The van der Waals surface area contributed by atoms with E-state index in [-0.39, 0.29) is 17.7 Å². The Bertz CT molecular complexity index is 2580. The van der Waals surface area contributed by atoms with Crippen LogP contribution in [0.4, 0.5) is 16.4 Å². The van der Waals surface area contributed by atoms with E-state index in [1.165, 1.54) is 0 Å². The number of pyridine rings is 2. The summed E-state index contributed by atoms with van der Waals surface area (Å²) in [5.74, 6) is 3.18. The quantitative estimate of drug-likeness (QED) is 0.0743. The van der Waals surface area contributed by atoms with E-state index in [0.29, 0.717) is 102 Å². The number of hydrogen-bond acceptors (Lipinski definition) is 12. The van der Waals surface area contributed by atoms with Crippen LogP contribution in [-0.4, -0.2) is 85.5 Å². The number of fused-ring (bicyclic) bond motifs is 1. The molecule has 1 saturated carbocycles. The molecule has 2 atom stereocenters. The SMILES string of the molecule is COc1ccc(CN(Cc2ccc(OC)cc2OC)c2nc(-c3c(Cl)cccc3Cl)cc3cc(NC(=O)[C@H]4C[C@@H]4c4cnn(CCOCCNC(=O)OC(C)(C)C)c4)ncc23)c(OC)c1. The number of benzene rings is 3. The zero-order valence-electron chi connectivity index (χ0n) is 37.4. The number of carbonyl (C=O) groups is 2. The summed E-state index contributed by atoms with van der Waals surface area (Å²) >= 11 is 13.7. The molecule has 0 bridgehead atoms. The lowest BCUT2D eigenvalue weighted by Gasteiger charge is -2.28. The molecule has 0 spiro atoms. The molecular formula is C48H53Cl2N7O8. The Morgan fingerprint density at radius 1 is 0.846 bits per heavy atom. The molecule has 1 aliphatic carbocycles. The van der Waals surface area contributed by atoms with E-state index < -0.39 is 11.7 Å². The number of nitrogens with zero attached hydrogens (tertiary/aromatic N) is 5. The average Bonchev–Trinajstić information content (AvgIpc) is 3.95. The first-order valence-electron chi connectivity index (χ1n) is 21.1. The third-order valence-corrected chi connectivity index (χ3v) is 11.4. The van der Waals surface area contributed by atoms with Crippen molar-refractivity contribution in [1.29, 1.82) is 0 Å². The predicted molar refractivity (Wildman–Crippen MR) is 251 cm³/mol. The van der Waals surface area contributed by atoms with Crippen LogP contribution in [0.3, 0.4) is 0 Å². The second-order valence-electron chi connectivity index (χ2n) is 16.4. The molecule has 3 aromatic carbocycles. The number of halogens is 2. The number of rotatable bonds is 19. The fourth-order valence-electron chi connectivity index (χ4n) is 7.46. The van der Waals surface area contributed by atoms with Crippen LogP contribution in [0.2, 0.25) is 10.0 Å². The number of carbonyl (C=O) groups excluding carboxylic acids is 2. The van der Waals surface area contributed by atoms with Crippen LogP contribution in [0.1, 0.15) is 49.8 Å². The Morgan fingerprint density at radius 3 is 2.12 bits per heavy atom. The fourth-order valence-corrected chi connectivity index (χ4v) is 8.05. The van der Waals surface area contributed by atoms with Crippen LogP contribution in [0, 0.1) is 5.92 Å². The van der Waals surface area contributed by atoms with E-state index >= 15 is 0 Å². The number of aromatic nitrogens is 4. The first-order chi connectivity index (χ1) is 31.3. The van der Waals surface area contributed by atoms with Gasteiger partial charge in [0, 0.05) is 72.2 Å². The highest BCUT2D eigenvalue weighted by molar-refractivity contribution is 6.39. The highest BCUT2D eigenvalue weighted by atomic mass is 35.5. The normalized spacial score (nSPS) is 14.4. The van der Waals surface area contributed by atoms with Crippen LogP contribution in [0.5, 0.6) is 23.0 Å². The molecule has 342 valence electrons. The maximum absolute atomic E-state index is 13.7. The molecule has 3 aromatic heterocycles. The lowest BCUT2D eigenvalue weighted by molar-refractivity contribution is -0.117. The van der Waals surface area contributed by atoms with Crippen LogP contribution < -0.4 is 34.5 Å². The molecule has 2 amide bonds. The fraction of sp³-hybridized carbons (Fsp3) is 0.354. The summed E-state index contributed by atoms with van der Waals surface area (Å²) in [4.78, 5) is 37.7. The van der Waals surface area contributed by atoms with Crippen molar-refractivity contribution < 1.29 is 38.0 Å². The molecule has 15 nitrogen and oxygen atoms in total. The molecule has 1 aliphatic rings. The minimum Gasteiger partial charge on any atom is -0.497 e. The van der Waals surface area contributed by atoms with Crippen molar-refractivity contribution >= 4 is 57.6 Å². The van der Waals surface area contributed by atoms with Gasteiger partial charge in [-0.05, 0) is 92.6 Å². The van der Waals surface area contributed by atoms with E-state index in [2.05, 4.69) is 20.6 Å². The maximum atomic E-state index is 13.7. The van der Waals surface area contributed by atoms with Gasteiger partial charge in [-0.2, -0.15) is 5.10 Å². The molecule has 6 aromatic rings. The van der Waals surface area contributed by atoms with Gasteiger partial charge in [0.05, 0.1) is 70.1 Å². The Hall–Kier alpha value is -6.29. The molecular weight excluding hydrogens is 873 g/mol. The third kappa shape index (κ3) is 11.7. The van der Waals surface area contributed by atoms with E-state index in [9.17, 15) is 9.59 Å². The highest BCUT2D eigenvalue weighted by Gasteiger charge is 2.44. The first-order valence-corrected chi connectivity index (χ1v) is 21.8. The van der Waals surface area contributed by atoms with E-state index in [1.54, 1.807) is 63.7 Å². The van der Waals surface area contributed by atoms with E-state index in [1.807, 2.05) is 75.5 Å². The van der Waals surface area contributed by atoms with Crippen molar-refractivity contribution in [2.45, 2.75) is 58.3 Å². The molecule has 0 saturated heterocycles. The number of alkyl carbamates (subject to hydrolysis) is 1. The second-order valence-corrected chi connectivity index (χ2v) is 17.3. The third-order valence-electron chi connectivity index (χ3n) is 10.8. The molecule has 2 N–H and O–H groups in total. The van der Waals surface area contributed by atoms with Crippen molar-refractivity contribution in [1.82, 2.24) is 25.1 Å². The summed E-state index contributed by atoms with van der Waals surface area (Å²) in [7, 11) is 6.46. The van der Waals surface area contributed by atoms with E-state index in [4.69, 9.17) is 61.6 Å². The summed E-state index contributed by atoms with van der Waals surface area (Å²) in [6.45, 7) is 7.73. The van der Waals surface area contributed by atoms with Crippen LogP contribution in [0.25, 0.3) is 22.0 Å². The largest absolute Gasteiger partial charge is 0.497 e. The van der Waals surface area contributed by atoms with Crippen molar-refractivity contribution in [2.75, 3.05) is 58.4 Å². The predicted octanol–water partition coefficient (Wildman–Crippen LogP) is 9.32. The summed E-state index contributed by atoms with van der Waals surface area (Å²) in [6.07, 6.45) is 5.66. The van der Waals surface area contributed by atoms with Crippen LogP contribution in [-0.2, 0) is 33.9 Å². The minimum atomic E-state index is -0.563. The Balaban J connectivity index is 1.13. The van der Waals surface area contributed by atoms with Gasteiger partial charge in [0.2, 0.25) is 5.91 Å². The van der Waals surface area contributed by atoms with Crippen molar-refractivity contribution in [2.24, 2.45) is 5.92 Å². The van der Waals surface area contributed by atoms with Crippen molar-refractivity contribution in [3.8, 4) is 34.3 Å². The molecule has 0 aliphatic heterocycles. The Kier molecular flexibility index (Phi) is 14.9. The monoisotopic (exact) mass is 925 g/mol. The number of amides is 2. The molecule has 17 heteroatoms. The average molecular weight is 927 g/mol. The number of hydrogen-bond donors (Lipinski definition) is 2. The highest BCUT2D eigenvalue weighted by Crippen LogP contribution is 2.48. The van der Waals surface area contributed by atoms with E-state index in [0.717, 1.165) is 27.5 Å². The minimum absolute atomic E-state index is 0.0198. The second kappa shape index (κ2) is 20.7. The van der Waals surface area contributed by atoms with Gasteiger partial charge in [0.25, 0.3) is 0 Å². The summed E-state index contributed by atoms with van der Waals surface area (Å²) < 4.78 is 35.4. The smallest absolute Gasteiger partial charge is 0.407 e. The van der Waals surface area contributed by atoms with Gasteiger partial charge in [-0.25, -0.2) is 14.8 Å². The van der Waals surface area contributed by atoms with Crippen LogP contribution in [0.15, 0.2) is 85.3 Å². The maximum Gasteiger partial charge on any atom is 0.407 e. The van der Waals surface area contributed by atoms with Crippen LogP contribution >= 0.6 is 23.2 Å². The Labute approximate surface area is 388 Å². The summed E-state index contributed by atoms with van der Waals surface area (Å²) in [5.41, 5.74) is 3.25. The molecule has 65 heavy (non-hydrogen) atoms. The first kappa shape index (κ1) is 46.7. The molecule has 3 heterocycles. The van der Waals surface area contributed by atoms with Gasteiger partial charge in [-0.15, -0.1) is 0 Å². The van der Waals surface area contributed by atoms with Crippen molar-refractivity contribution in [3.05, 3.63) is 112 Å². The van der Waals surface area contributed by atoms with Gasteiger partial charge < -0.3 is 44.0 Å².